The first-order chi connectivity index (χ1) is 9.26. The molecule has 1 aliphatic rings. The Kier molecular flexibility index (Phi) is 4.43. The van der Waals surface area contributed by atoms with E-state index < -0.39 is 18.5 Å². The van der Waals surface area contributed by atoms with Crippen molar-refractivity contribution in [2.75, 3.05) is 43.4 Å². The zero-order valence-electron chi connectivity index (χ0n) is 10.6. The van der Waals surface area contributed by atoms with Gasteiger partial charge in [-0.25, -0.2) is 4.39 Å². The lowest BCUT2D eigenvalue weighted by Gasteiger charge is -2.36. The second kappa shape index (κ2) is 5.77. The number of rotatable bonds is 2. The highest BCUT2D eigenvalue weighted by Gasteiger charge is 2.32. The molecule has 0 radical (unpaired) electrons. The Morgan fingerprint density at radius 1 is 1.15 bits per heavy atom. The van der Waals surface area contributed by atoms with Crippen LogP contribution in [0.3, 0.4) is 0 Å². The summed E-state index contributed by atoms with van der Waals surface area (Å²) < 4.78 is 50.5. The van der Waals surface area contributed by atoms with Crippen LogP contribution >= 0.6 is 15.9 Å². The minimum absolute atomic E-state index is 0.287. The van der Waals surface area contributed by atoms with Crippen LogP contribution in [0.15, 0.2) is 16.6 Å². The average molecular weight is 356 g/mol. The molecule has 0 aromatic heterocycles. The van der Waals surface area contributed by atoms with E-state index in [0.717, 1.165) is 0 Å². The largest absolute Gasteiger partial charge is 0.401 e. The van der Waals surface area contributed by atoms with Crippen LogP contribution in [-0.2, 0) is 0 Å². The summed E-state index contributed by atoms with van der Waals surface area (Å²) in [6, 6.07) is 2.77. The maximum atomic E-state index is 13.3. The molecular formula is C12H14BrF4N3. The second-order valence-electron chi connectivity index (χ2n) is 4.70. The van der Waals surface area contributed by atoms with Gasteiger partial charge in [0.25, 0.3) is 0 Å². The zero-order chi connectivity index (χ0) is 14.9. The average Bonchev–Trinajstić information content (AvgIpc) is 2.33. The van der Waals surface area contributed by atoms with Gasteiger partial charge < -0.3 is 10.6 Å². The monoisotopic (exact) mass is 355 g/mol. The van der Waals surface area contributed by atoms with E-state index in [2.05, 4.69) is 15.9 Å². The summed E-state index contributed by atoms with van der Waals surface area (Å²) in [5, 5.41) is 0. The van der Waals surface area contributed by atoms with Gasteiger partial charge in [0.1, 0.15) is 5.82 Å². The number of nitrogens with zero attached hydrogens (tertiary/aromatic N) is 2. The Hall–Kier alpha value is -1.02. The summed E-state index contributed by atoms with van der Waals surface area (Å²) >= 11 is 3.08. The van der Waals surface area contributed by atoms with Crippen LogP contribution < -0.4 is 10.6 Å². The summed E-state index contributed by atoms with van der Waals surface area (Å²) in [5.74, 6) is -0.457. The molecule has 8 heteroatoms. The third-order valence-electron chi connectivity index (χ3n) is 3.19. The van der Waals surface area contributed by atoms with E-state index in [1.54, 1.807) is 6.07 Å². The lowest BCUT2D eigenvalue weighted by atomic mass is 10.2. The van der Waals surface area contributed by atoms with Crippen molar-refractivity contribution in [3.05, 3.63) is 22.4 Å². The van der Waals surface area contributed by atoms with E-state index >= 15 is 0 Å². The first kappa shape index (κ1) is 15.4. The molecule has 3 nitrogen and oxygen atoms in total. The van der Waals surface area contributed by atoms with Gasteiger partial charge in [0.05, 0.1) is 22.4 Å². The number of nitrogen functional groups attached to an aromatic ring is 1. The lowest BCUT2D eigenvalue weighted by molar-refractivity contribution is -0.146. The van der Waals surface area contributed by atoms with Gasteiger partial charge in [-0.3, -0.25) is 4.90 Å². The number of halogens is 5. The number of anilines is 2. The van der Waals surface area contributed by atoms with Gasteiger partial charge >= 0.3 is 6.18 Å². The van der Waals surface area contributed by atoms with E-state index in [4.69, 9.17) is 5.73 Å². The van der Waals surface area contributed by atoms with Crippen LogP contribution in [0, 0.1) is 5.82 Å². The second-order valence-corrected chi connectivity index (χ2v) is 5.56. The molecule has 0 amide bonds. The molecule has 2 rings (SSSR count). The van der Waals surface area contributed by atoms with E-state index in [1.807, 2.05) is 4.90 Å². The molecule has 0 atom stereocenters. The van der Waals surface area contributed by atoms with Crippen molar-refractivity contribution in [3.63, 3.8) is 0 Å². The van der Waals surface area contributed by atoms with Crippen LogP contribution in [0.5, 0.6) is 0 Å². The van der Waals surface area contributed by atoms with Crippen molar-refractivity contribution in [3.8, 4) is 0 Å². The van der Waals surface area contributed by atoms with Crippen molar-refractivity contribution in [2.45, 2.75) is 6.18 Å². The van der Waals surface area contributed by atoms with Crippen LogP contribution in [0.25, 0.3) is 0 Å². The topological polar surface area (TPSA) is 32.5 Å². The van der Waals surface area contributed by atoms with Crippen LogP contribution in [-0.4, -0.2) is 43.8 Å². The molecule has 112 valence electrons. The molecule has 1 heterocycles. The highest BCUT2D eigenvalue weighted by atomic mass is 79.9. The number of hydrogen-bond donors (Lipinski definition) is 1. The number of benzene rings is 1. The molecule has 2 N–H and O–H groups in total. The van der Waals surface area contributed by atoms with Gasteiger partial charge in [0, 0.05) is 32.2 Å². The minimum atomic E-state index is -4.18. The third kappa shape index (κ3) is 3.76. The quantitative estimate of drug-likeness (QED) is 0.654. The SMILES string of the molecule is Nc1cc(F)c(Br)cc1N1CCN(CC(F)(F)F)CC1. The van der Waals surface area contributed by atoms with Crippen molar-refractivity contribution in [2.24, 2.45) is 0 Å². The highest BCUT2D eigenvalue weighted by molar-refractivity contribution is 9.10. The molecule has 0 spiro atoms. The summed E-state index contributed by atoms with van der Waals surface area (Å²) in [4.78, 5) is 3.22. The number of hydrogen-bond acceptors (Lipinski definition) is 3. The molecule has 1 aromatic carbocycles. The summed E-state index contributed by atoms with van der Waals surface area (Å²) in [5.41, 5.74) is 6.69. The van der Waals surface area contributed by atoms with Crippen molar-refractivity contribution >= 4 is 27.3 Å². The summed E-state index contributed by atoms with van der Waals surface area (Å²) in [6.07, 6.45) is -4.18. The van der Waals surface area contributed by atoms with Gasteiger partial charge in [0.15, 0.2) is 0 Å². The smallest absolute Gasteiger partial charge is 0.397 e. The van der Waals surface area contributed by atoms with Gasteiger partial charge in [-0.1, -0.05) is 0 Å². The van der Waals surface area contributed by atoms with E-state index in [0.29, 0.717) is 36.3 Å². The van der Waals surface area contributed by atoms with Crippen LogP contribution in [0.1, 0.15) is 0 Å². The maximum absolute atomic E-state index is 13.3. The number of piperazine rings is 1. The van der Waals surface area contributed by atoms with Crippen molar-refractivity contribution in [1.29, 1.82) is 0 Å². The molecule has 1 aliphatic heterocycles. The minimum Gasteiger partial charge on any atom is -0.397 e. The van der Waals surface area contributed by atoms with Gasteiger partial charge in [-0.2, -0.15) is 13.2 Å². The fraction of sp³-hybridized carbons (Fsp3) is 0.500. The molecule has 20 heavy (non-hydrogen) atoms. The highest BCUT2D eigenvalue weighted by Crippen LogP contribution is 2.30. The fourth-order valence-corrected chi connectivity index (χ4v) is 2.56. The summed E-state index contributed by atoms with van der Waals surface area (Å²) in [6.45, 7) is 0.558. The Morgan fingerprint density at radius 3 is 2.30 bits per heavy atom. The number of nitrogens with two attached hydrogens (primary N) is 1. The number of alkyl halides is 3. The molecule has 1 aromatic rings. The third-order valence-corrected chi connectivity index (χ3v) is 3.79. The Labute approximate surface area is 122 Å². The summed E-state index contributed by atoms with van der Waals surface area (Å²) in [7, 11) is 0. The van der Waals surface area contributed by atoms with Gasteiger partial charge in [-0.05, 0) is 22.0 Å². The standard InChI is InChI=1S/C12H14BrF4N3/c13-8-5-11(10(18)6-9(8)14)20-3-1-19(2-4-20)7-12(15,16)17/h5-6H,1-4,7,18H2. The van der Waals surface area contributed by atoms with Crippen molar-refractivity contribution < 1.29 is 17.6 Å². The molecule has 1 fully saturated rings. The first-order valence-corrected chi connectivity index (χ1v) is 6.84. The predicted molar refractivity (Wildman–Crippen MR) is 73.2 cm³/mol. The Morgan fingerprint density at radius 2 is 1.75 bits per heavy atom. The lowest BCUT2D eigenvalue weighted by Crippen LogP contribution is -2.49. The van der Waals surface area contributed by atoms with E-state index in [1.165, 1.54) is 11.0 Å². The normalized spacial score (nSPS) is 17.6. The molecule has 0 aliphatic carbocycles. The molecule has 0 unspecified atom stereocenters. The molecule has 0 saturated carbocycles. The van der Waals surface area contributed by atoms with Gasteiger partial charge in [-0.15, -0.1) is 0 Å². The van der Waals surface area contributed by atoms with Crippen LogP contribution in [0.2, 0.25) is 0 Å². The molecule has 0 bridgehead atoms. The van der Waals surface area contributed by atoms with E-state index in [9.17, 15) is 17.6 Å². The fourth-order valence-electron chi connectivity index (χ4n) is 2.23. The Balaban J connectivity index is 2.02. The predicted octanol–water partition coefficient (Wildman–Crippen LogP) is 2.85. The van der Waals surface area contributed by atoms with Gasteiger partial charge in [0.2, 0.25) is 0 Å². The molecular weight excluding hydrogens is 342 g/mol. The molecule has 1 saturated heterocycles. The zero-order valence-corrected chi connectivity index (χ0v) is 12.1. The van der Waals surface area contributed by atoms with Crippen molar-refractivity contribution in [1.82, 2.24) is 4.90 Å². The van der Waals surface area contributed by atoms with E-state index in [-0.39, 0.29) is 5.69 Å². The van der Waals surface area contributed by atoms with Crippen LogP contribution in [0.4, 0.5) is 28.9 Å². The maximum Gasteiger partial charge on any atom is 0.401 e. The Bertz CT molecular complexity index is 484. The first-order valence-electron chi connectivity index (χ1n) is 6.05.